The first-order valence-electron chi connectivity index (χ1n) is 7.52. The third-order valence-corrected chi connectivity index (χ3v) is 4.17. The van der Waals surface area contributed by atoms with Gasteiger partial charge in [-0.25, -0.2) is 10.1 Å². The lowest BCUT2D eigenvalue weighted by atomic mass is 9.96. The lowest BCUT2D eigenvalue weighted by Gasteiger charge is -2.20. The summed E-state index contributed by atoms with van der Waals surface area (Å²) >= 11 is 0. The van der Waals surface area contributed by atoms with E-state index in [0.717, 1.165) is 4.90 Å². The first kappa shape index (κ1) is 16.1. The highest BCUT2D eigenvalue weighted by atomic mass is 16.8. The van der Waals surface area contributed by atoms with E-state index in [-0.39, 0.29) is 22.8 Å². The Morgan fingerprint density at radius 3 is 2.65 bits per heavy atom. The fraction of sp³-hybridized carbons (Fsp3) is 0.125. The highest BCUT2D eigenvalue weighted by molar-refractivity contribution is 6.52. The van der Waals surface area contributed by atoms with Gasteiger partial charge in [-0.1, -0.05) is 17.3 Å². The third kappa shape index (κ3) is 2.24. The molecule has 26 heavy (non-hydrogen) atoms. The fourth-order valence-electron chi connectivity index (χ4n) is 2.99. The first-order chi connectivity index (χ1) is 12.5. The minimum Gasteiger partial charge on any atom is -0.595 e. The van der Waals surface area contributed by atoms with Gasteiger partial charge in [0.1, 0.15) is 17.3 Å². The van der Waals surface area contributed by atoms with E-state index in [4.69, 9.17) is 9.25 Å². The number of nitrogens with zero attached hydrogens (tertiary/aromatic N) is 2. The van der Waals surface area contributed by atoms with Crippen LogP contribution in [0.4, 0.5) is 11.4 Å². The maximum atomic E-state index is 12.8. The van der Waals surface area contributed by atoms with E-state index < -0.39 is 34.8 Å². The van der Waals surface area contributed by atoms with Crippen molar-refractivity contribution in [1.82, 2.24) is 0 Å². The van der Waals surface area contributed by atoms with Crippen molar-refractivity contribution >= 4 is 34.7 Å². The highest BCUT2D eigenvalue weighted by Gasteiger charge is 2.58. The predicted molar refractivity (Wildman–Crippen MR) is 83.5 cm³/mol. The number of hydrogen-bond acceptors (Lipinski definition) is 8. The second-order valence-electron chi connectivity index (χ2n) is 5.62. The fourth-order valence-corrected chi connectivity index (χ4v) is 2.99. The number of imide groups is 1. The normalized spacial score (nSPS) is 22.8. The van der Waals surface area contributed by atoms with Crippen molar-refractivity contribution in [2.45, 2.75) is 6.10 Å². The molecule has 2 aliphatic rings. The molecule has 2 N–H and O–H groups in total. The highest BCUT2D eigenvalue weighted by Crippen LogP contribution is 2.36. The topological polar surface area (TPSA) is 137 Å². The van der Waals surface area contributed by atoms with Crippen LogP contribution in [-0.2, 0) is 14.4 Å². The van der Waals surface area contributed by atoms with Crippen molar-refractivity contribution in [2.75, 3.05) is 4.90 Å². The molecule has 2 aliphatic heterocycles. The summed E-state index contributed by atoms with van der Waals surface area (Å²) in [5.74, 6) is -3.51. The molecule has 3 atom stereocenters. The number of hydrogen-bond donors (Lipinski definition) is 2. The van der Waals surface area contributed by atoms with Crippen LogP contribution < -0.4 is 10.1 Å². The molecule has 3 heterocycles. The zero-order valence-electron chi connectivity index (χ0n) is 13.0. The summed E-state index contributed by atoms with van der Waals surface area (Å²) in [4.78, 5) is 43.6. The molecule has 1 saturated heterocycles. The number of benzene rings is 1. The summed E-state index contributed by atoms with van der Waals surface area (Å²) in [7, 11) is 0. The summed E-state index contributed by atoms with van der Waals surface area (Å²) in [5.41, 5.74) is -0.554. The predicted octanol–water partition coefficient (Wildman–Crippen LogP) is -0.190. The van der Waals surface area contributed by atoms with Gasteiger partial charge >= 0.3 is 0 Å². The molecule has 1 aromatic carbocycles. The van der Waals surface area contributed by atoms with Gasteiger partial charge in [-0.2, -0.15) is 5.23 Å². The number of anilines is 1. The van der Waals surface area contributed by atoms with E-state index in [1.54, 1.807) is 0 Å². The molecule has 10 nitrogen and oxygen atoms in total. The molecular weight excluding hydrogens is 346 g/mol. The number of amides is 2. The van der Waals surface area contributed by atoms with Crippen molar-refractivity contribution in [3.63, 3.8) is 0 Å². The molecule has 10 heteroatoms. The van der Waals surface area contributed by atoms with Crippen LogP contribution in [0.1, 0.15) is 10.6 Å². The van der Waals surface area contributed by atoms with E-state index in [2.05, 4.69) is 5.16 Å². The summed E-state index contributed by atoms with van der Waals surface area (Å²) in [5, 5.41) is 23.0. The Kier molecular flexibility index (Phi) is 3.65. The number of carbonyl (C=O) groups is 3. The van der Waals surface area contributed by atoms with Gasteiger partial charge in [-0.3, -0.25) is 14.4 Å². The van der Waals surface area contributed by atoms with Gasteiger partial charge in [0.15, 0.2) is 11.4 Å². The number of ketones is 1. The van der Waals surface area contributed by atoms with Crippen molar-refractivity contribution in [1.29, 1.82) is 0 Å². The van der Waals surface area contributed by atoms with Gasteiger partial charge in [-0.05, 0) is 18.2 Å². The van der Waals surface area contributed by atoms with Crippen molar-refractivity contribution in [3.05, 3.63) is 53.6 Å². The number of oxime groups is 1. The first-order valence-corrected chi connectivity index (χ1v) is 7.52. The summed E-state index contributed by atoms with van der Waals surface area (Å²) < 4.78 is 5.01. The van der Waals surface area contributed by atoms with Gasteiger partial charge in [0, 0.05) is 6.07 Å². The van der Waals surface area contributed by atoms with Crippen LogP contribution in [-0.4, -0.2) is 34.6 Å². The molecule has 0 bridgehead atoms. The van der Waals surface area contributed by atoms with Crippen LogP contribution in [0.3, 0.4) is 0 Å². The van der Waals surface area contributed by atoms with Crippen LogP contribution >= 0.6 is 0 Å². The second kappa shape index (κ2) is 5.88. The van der Waals surface area contributed by atoms with E-state index in [0.29, 0.717) is 0 Å². The number of rotatable bonds is 4. The van der Waals surface area contributed by atoms with Crippen LogP contribution in [0.15, 0.2) is 52.2 Å². The molecule has 1 fully saturated rings. The van der Waals surface area contributed by atoms with Gasteiger partial charge in [0.2, 0.25) is 17.8 Å². The summed E-state index contributed by atoms with van der Waals surface area (Å²) in [6.07, 6.45) is -0.0174. The number of carbonyl (C=O) groups excluding carboxylic acids is 3. The van der Waals surface area contributed by atoms with Gasteiger partial charge < -0.3 is 14.5 Å². The minimum absolute atomic E-state index is 0.0439. The molecule has 0 saturated carbocycles. The zero-order valence-corrected chi connectivity index (χ0v) is 13.0. The zero-order chi connectivity index (χ0) is 18.4. The number of quaternary nitrogens is 1. The third-order valence-electron chi connectivity index (χ3n) is 4.17. The molecule has 0 radical (unpaired) electrons. The quantitative estimate of drug-likeness (QED) is 0.439. The Labute approximate surface area is 145 Å². The molecule has 0 aliphatic carbocycles. The number of nitrogens with one attached hydrogen (secondary N) is 1. The molecule has 132 valence electrons. The molecule has 2 amide bonds. The van der Waals surface area contributed by atoms with Crippen LogP contribution in [0.5, 0.6) is 0 Å². The SMILES string of the molecule is O=C(C1=NOC2C(=O)N(c3ccccc3[NH+]([O-])O)C(=O)C12)c1ccco1. The molecule has 1 aromatic heterocycles. The van der Waals surface area contributed by atoms with E-state index in [1.807, 2.05) is 0 Å². The molecule has 4 rings (SSSR count). The van der Waals surface area contributed by atoms with Crippen molar-refractivity contribution < 1.29 is 34.1 Å². The Morgan fingerprint density at radius 2 is 1.96 bits per heavy atom. The van der Waals surface area contributed by atoms with Gasteiger partial charge in [0.05, 0.1) is 6.26 Å². The largest absolute Gasteiger partial charge is 0.595 e. The van der Waals surface area contributed by atoms with Crippen LogP contribution in [0, 0.1) is 11.1 Å². The molecule has 0 spiro atoms. The maximum Gasteiger partial charge on any atom is 0.279 e. The van der Waals surface area contributed by atoms with Crippen molar-refractivity contribution in [2.24, 2.45) is 11.1 Å². The monoisotopic (exact) mass is 357 g/mol. The second-order valence-corrected chi connectivity index (χ2v) is 5.62. The van der Waals surface area contributed by atoms with Crippen LogP contribution in [0.2, 0.25) is 0 Å². The van der Waals surface area contributed by atoms with E-state index in [9.17, 15) is 24.8 Å². The van der Waals surface area contributed by atoms with Gasteiger partial charge in [0.25, 0.3) is 5.91 Å². The number of Topliss-reactive ketones (excluding diaryl/α,β-unsaturated/α-hetero) is 1. The van der Waals surface area contributed by atoms with E-state index in [1.165, 1.54) is 42.7 Å². The maximum absolute atomic E-state index is 12.8. The molecule has 2 aromatic rings. The minimum atomic E-state index is -1.31. The Morgan fingerprint density at radius 1 is 1.19 bits per heavy atom. The van der Waals surface area contributed by atoms with Gasteiger partial charge in [-0.15, -0.1) is 0 Å². The van der Waals surface area contributed by atoms with Crippen molar-refractivity contribution in [3.8, 4) is 0 Å². The Hall–Kier alpha value is -3.34. The Bertz CT molecular complexity index is 935. The number of furan rings is 1. The summed E-state index contributed by atoms with van der Waals surface area (Å²) in [6, 6.07) is 8.49. The lowest BCUT2D eigenvalue weighted by molar-refractivity contribution is -0.990. The number of fused-ring (bicyclic) bond motifs is 1. The molecular formula is C16H11N3O7. The smallest absolute Gasteiger partial charge is 0.279 e. The van der Waals surface area contributed by atoms with E-state index >= 15 is 0 Å². The van der Waals surface area contributed by atoms with Crippen LogP contribution in [0.25, 0.3) is 0 Å². The summed E-state index contributed by atoms with van der Waals surface area (Å²) in [6.45, 7) is 0. The Balaban J connectivity index is 1.71. The lowest BCUT2D eigenvalue weighted by Crippen LogP contribution is -2.99. The number of para-hydroxylation sites is 2. The standard InChI is InChI=1S/C16H11N3O7/c20-13(10-6-3-7-25-10)12-11-14(26-17-12)16(22)18(15(11)21)8-4-1-2-5-9(8)19(23)24/h1-7,11,14,19,23H. The molecule has 3 unspecified atom stereocenters. The average Bonchev–Trinajstić information content (AvgIpc) is 3.34. The average molecular weight is 357 g/mol.